The molecule has 1 aliphatic rings. The number of likely N-dealkylation sites (N-methyl/N-ethyl adjacent to an activating group) is 1. The van der Waals surface area contributed by atoms with Crippen molar-refractivity contribution < 1.29 is 19.4 Å². The van der Waals surface area contributed by atoms with E-state index in [2.05, 4.69) is 11.8 Å². The Kier molecular flexibility index (Phi) is 6.43. The molecule has 24 heavy (non-hydrogen) atoms. The number of carbonyl (C=O) groups is 2. The van der Waals surface area contributed by atoms with Crippen LogP contribution in [0.25, 0.3) is 0 Å². The molecular formula is C17H25N3O4. The Labute approximate surface area is 142 Å². The molecule has 1 aromatic carbocycles. The van der Waals surface area contributed by atoms with Gasteiger partial charge in [0.2, 0.25) is 5.91 Å². The zero-order chi connectivity index (χ0) is 17.5. The summed E-state index contributed by atoms with van der Waals surface area (Å²) < 4.78 is 5.11. The van der Waals surface area contributed by atoms with Crippen molar-refractivity contribution in [1.29, 1.82) is 0 Å². The van der Waals surface area contributed by atoms with Gasteiger partial charge in [-0.25, -0.2) is 0 Å². The van der Waals surface area contributed by atoms with Crippen LogP contribution in [0.4, 0.5) is 5.69 Å². The van der Waals surface area contributed by atoms with Gasteiger partial charge in [0.25, 0.3) is 0 Å². The number of hydrogen-bond acceptors (Lipinski definition) is 5. The first-order chi connectivity index (χ1) is 11.5. The Hall–Kier alpha value is -2.28. The van der Waals surface area contributed by atoms with Crippen molar-refractivity contribution >= 4 is 17.6 Å². The average molecular weight is 335 g/mol. The molecule has 7 nitrogen and oxygen atoms in total. The highest BCUT2D eigenvalue weighted by atomic mass is 16.5. The normalized spacial score (nSPS) is 15.2. The first-order valence-corrected chi connectivity index (χ1v) is 8.14. The van der Waals surface area contributed by atoms with Gasteiger partial charge in [-0.1, -0.05) is 6.92 Å². The van der Waals surface area contributed by atoms with E-state index in [0.717, 1.165) is 19.6 Å². The van der Waals surface area contributed by atoms with E-state index in [-0.39, 0.29) is 19.0 Å². The number of carboxylic acids is 1. The second-order valence-electron chi connectivity index (χ2n) is 5.76. The number of nitrogens with zero attached hydrogens (tertiary/aromatic N) is 3. The van der Waals surface area contributed by atoms with Crippen LogP contribution in [0.1, 0.15) is 6.92 Å². The van der Waals surface area contributed by atoms with Crippen LogP contribution in [0.5, 0.6) is 5.75 Å². The number of ether oxygens (including phenoxy) is 1. The van der Waals surface area contributed by atoms with E-state index < -0.39 is 5.97 Å². The lowest BCUT2D eigenvalue weighted by Crippen LogP contribution is -2.51. The molecular weight excluding hydrogens is 310 g/mol. The number of benzene rings is 1. The highest BCUT2D eigenvalue weighted by molar-refractivity contribution is 5.84. The highest BCUT2D eigenvalue weighted by Gasteiger charge is 2.23. The monoisotopic (exact) mass is 335 g/mol. The molecule has 1 heterocycles. The van der Waals surface area contributed by atoms with E-state index in [1.807, 2.05) is 4.90 Å². The summed E-state index contributed by atoms with van der Waals surface area (Å²) in [6.45, 7) is 6.05. The number of hydrogen-bond donors (Lipinski definition) is 1. The molecule has 1 fully saturated rings. The van der Waals surface area contributed by atoms with E-state index >= 15 is 0 Å². The van der Waals surface area contributed by atoms with E-state index in [9.17, 15) is 9.59 Å². The summed E-state index contributed by atoms with van der Waals surface area (Å²) in [4.78, 5) is 29.4. The number of amides is 1. The maximum atomic E-state index is 12.5. The summed E-state index contributed by atoms with van der Waals surface area (Å²) in [6, 6.07) is 7.05. The fourth-order valence-electron chi connectivity index (χ4n) is 2.77. The number of anilines is 1. The Morgan fingerprint density at radius 2 is 1.75 bits per heavy atom. The third-order valence-corrected chi connectivity index (χ3v) is 4.26. The van der Waals surface area contributed by atoms with Crippen molar-refractivity contribution in [1.82, 2.24) is 9.80 Å². The fraction of sp³-hybridized carbons (Fsp3) is 0.529. The van der Waals surface area contributed by atoms with Gasteiger partial charge < -0.3 is 24.5 Å². The van der Waals surface area contributed by atoms with Gasteiger partial charge in [-0.05, 0) is 30.8 Å². The van der Waals surface area contributed by atoms with Crippen molar-refractivity contribution in [2.45, 2.75) is 6.92 Å². The maximum absolute atomic E-state index is 12.5. The maximum Gasteiger partial charge on any atom is 0.323 e. The molecule has 0 bridgehead atoms. The molecule has 0 unspecified atom stereocenters. The van der Waals surface area contributed by atoms with Gasteiger partial charge >= 0.3 is 5.97 Å². The highest BCUT2D eigenvalue weighted by Crippen LogP contribution is 2.19. The van der Waals surface area contributed by atoms with Crippen molar-refractivity contribution in [3.05, 3.63) is 24.3 Å². The van der Waals surface area contributed by atoms with Gasteiger partial charge in [-0.3, -0.25) is 9.59 Å². The predicted octanol–water partition coefficient (Wildman–Crippen LogP) is 0.750. The zero-order valence-electron chi connectivity index (χ0n) is 14.3. The van der Waals surface area contributed by atoms with Crippen LogP contribution in [0.2, 0.25) is 0 Å². The lowest BCUT2D eigenvalue weighted by Gasteiger charge is -2.35. The van der Waals surface area contributed by atoms with Crippen LogP contribution < -0.4 is 9.64 Å². The van der Waals surface area contributed by atoms with Crippen LogP contribution in [0.3, 0.4) is 0 Å². The summed E-state index contributed by atoms with van der Waals surface area (Å²) in [5.41, 5.74) is 0.693. The van der Waals surface area contributed by atoms with Crippen LogP contribution in [-0.2, 0) is 9.59 Å². The lowest BCUT2D eigenvalue weighted by molar-refractivity contribution is -0.135. The minimum absolute atomic E-state index is 0.0391. The van der Waals surface area contributed by atoms with E-state index in [4.69, 9.17) is 9.84 Å². The molecule has 0 aromatic heterocycles. The first kappa shape index (κ1) is 18.1. The summed E-state index contributed by atoms with van der Waals surface area (Å²) in [5.74, 6) is -0.312. The lowest BCUT2D eigenvalue weighted by atomic mass is 10.2. The molecule has 0 spiro atoms. The third-order valence-electron chi connectivity index (χ3n) is 4.26. The zero-order valence-corrected chi connectivity index (χ0v) is 14.3. The van der Waals surface area contributed by atoms with Gasteiger partial charge in [0.05, 0.1) is 13.7 Å². The molecule has 132 valence electrons. The third kappa shape index (κ3) is 4.86. The van der Waals surface area contributed by atoms with E-state index in [1.165, 1.54) is 0 Å². The molecule has 0 radical (unpaired) electrons. The van der Waals surface area contributed by atoms with Crippen LogP contribution in [0.15, 0.2) is 24.3 Å². The SMILES string of the molecule is CCN1CCN(C(=O)CN(CC(=O)O)c2ccc(OC)cc2)CC1. The van der Waals surface area contributed by atoms with Gasteiger partial charge in [0, 0.05) is 31.9 Å². The average Bonchev–Trinajstić information content (AvgIpc) is 2.61. The quantitative estimate of drug-likeness (QED) is 0.793. The minimum atomic E-state index is -0.963. The topological polar surface area (TPSA) is 73.3 Å². The van der Waals surface area contributed by atoms with Crippen molar-refractivity contribution in [2.75, 3.05) is 57.8 Å². The molecule has 1 N–H and O–H groups in total. The summed E-state index contributed by atoms with van der Waals surface area (Å²) in [6.07, 6.45) is 0. The number of carbonyl (C=O) groups excluding carboxylic acids is 1. The number of piperazine rings is 1. The van der Waals surface area contributed by atoms with Crippen LogP contribution in [0, 0.1) is 0 Å². The molecule has 2 rings (SSSR count). The smallest absolute Gasteiger partial charge is 0.323 e. The fourth-order valence-corrected chi connectivity index (χ4v) is 2.77. The molecule has 0 saturated carbocycles. The summed E-state index contributed by atoms with van der Waals surface area (Å²) >= 11 is 0. The predicted molar refractivity (Wildman–Crippen MR) is 91.5 cm³/mol. The molecule has 0 aliphatic carbocycles. The second-order valence-corrected chi connectivity index (χ2v) is 5.76. The standard InChI is InChI=1S/C17H25N3O4/c1-3-18-8-10-19(11-9-18)16(21)12-20(13-17(22)23)14-4-6-15(24-2)7-5-14/h4-7H,3,8-13H2,1-2H3,(H,22,23). The molecule has 7 heteroatoms. The van der Waals surface area contributed by atoms with Gasteiger partial charge in [-0.2, -0.15) is 0 Å². The molecule has 1 aromatic rings. The van der Waals surface area contributed by atoms with E-state index in [0.29, 0.717) is 24.5 Å². The molecule has 1 amide bonds. The number of aliphatic carboxylic acids is 1. The van der Waals surface area contributed by atoms with Crippen LogP contribution in [-0.4, -0.2) is 79.7 Å². The summed E-state index contributed by atoms with van der Waals surface area (Å²) in [7, 11) is 1.57. The van der Waals surface area contributed by atoms with Gasteiger partial charge in [0.1, 0.15) is 12.3 Å². The molecule has 1 saturated heterocycles. The minimum Gasteiger partial charge on any atom is -0.497 e. The largest absolute Gasteiger partial charge is 0.497 e. The van der Waals surface area contributed by atoms with Gasteiger partial charge in [0.15, 0.2) is 0 Å². The molecule has 0 atom stereocenters. The van der Waals surface area contributed by atoms with Crippen molar-refractivity contribution in [3.8, 4) is 5.75 Å². The molecule has 1 aliphatic heterocycles. The van der Waals surface area contributed by atoms with E-state index in [1.54, 1.807) is 36.3 Å². The van der Waals surface area contributed by atoms with Crippen molar-refractivity contribution in [3.63, 3.8) is 0 Å². The Morgan fingerprint density at radius 3 is 2.25 bits per heavy atom. The Balaban J connectivity index is 2.02. The van der Waals surface area contributed by atoms with Crippen molar-refractivity contribution in [2.24, 2.45) is 0 Å². The Morgan fingerprint density at radius 1 is 1.12 bits per heavy atom. The Bertz CT molecular complexity index is 553. The van der Waals surface area contributed by atoms with Gasteiger partial charge in [-0.15, -0.1) is 0 Å². The summed E-state index contributed by atoms with van der Waals surface area (Å²) in [5, 5.41) is 9.14. The first-order valence-electron chi connectivity index (χ1n) is 8.14. The van der Waals surface area contributed by atoms with Crippen LogP contribution >= 0.6 is 0 Å². The number of rotatable bonds is 7. The number of carboxylic acid groups (broad SMARTS) is 1. The number of methoxy groups -OCH3 is 1. The second kappa shape index (κ2) is 8.54.